The number of carbonyl (C=O) groups is 1. The molecule has 258 valence electrons. The second-order valence-corrected chi connectivity index (χ2v) is 17.1. The van der Waals surface area contributed by atoms with Crippen molar-refractivity contribution in [3.8, 4) is 0 Å². The lowest BCUT2D eigenvalue weighted by molar-refractivity contribution is -0.438. The van der Waals surface area contributed by atoms with Gasteiger partial charge in [-0.15, -0.1) is 22.7 Å². The van der Waals surface area contributed by atoms with Gasteiger partial charge in [0.15, 0.2) is 5.71 Å². The fourth-order valence-corrected chi connectivity index (χ4v) is 10.4. The van der Waals surface area contributed by atoms with Gasteiger partial charge < -0.3 is 9.64 Å². The van der Waals surface area contributed by atoms with Gasteiger partial charge in [-0.2, -0.15) is 13.0 Å². The van der Waals surface area contributed by atoms with Crippen LogP contribution in [0.3, 0.4) is 0 Å². The van der Waals surface area contributed by atoms with Crippen LogP contribution in [0.4, 0.5) is 11.4 Å². The predicted molar refractivity (Wildman–Crippen MR) is 204 cm³/mol. The molecule has 0 saturated heterocycles. The van der Waals surface area contributed by atoms with Gasteiger partial charge in [-0.05, 0) is 79.8 Å². The molecule has 2 aromatic carbocycles. The first-order valence-corrected chi connectivity index (χ1v) is 20.2. The molecule has 10 heteroatoms. The third-order valence-electron chi connectivity index (χ3n) is 9.94. The summed E-state index contributed by atoms with van der Waals surface area (Å²) in [5.74, 6) is 0. The fourth-order valence-electron chi connectivity index (χ4n) is 7.70. The zero-order valence-electron chi connectivity index (χ0n) is 28.9. The molecule has 0 bridgehead atoms. The van der Waals surface area contributed by atoms with Crippen LogP contribution in [0.15, 0.2) is 82.1 Å². The highest BCUT2D eigenvalue weighted by Crippen LogP contribution is 2.53. The fraction of sp³-hybridized carbons (Fsp3) is 0.385. The molecule has 0 atom stereocenters. The Balaban J connectivity index is 1.35. The number of nitrogens with zero attached hydrogens (tertiary/aromatic N) is 2. The van der Waals surface area contributed by atoms with Gasteiger partial charge in [-0.25, -0.2) is 0 Å². The Morgan fingerprint density at radius 1 is 0.918 bits per heavy atom. The van der Waals surface area contributed by atoms with E-state index in [1.807, 2.05) is 11.4 Å². The largest absolute Gasteiger partial charge is 0.468 e. The summed E-state index contributed by atoms with van der Waals surface area (Å²) in [5, 5.41) is 6.26. The van der Waals surface area contributed by atoms with Gasteiger partial charge in [-0.3, -0.25) is 9.35 Å². The van der Waals surface area contributed by atoms with Crippen molar-refractivity contribution in [2.45, 2.75) is 82.4 Å². The van der Waals surface area contributed by atoms with Gasteiger partial charge in [0.2, 0.25) is 5.69 Å². The van der Waals surface area contributed by atoms with Crippen LogP contribution in [0.2, 0.25) is 0 Å². The number of carbonyl (C=O) groups excluding carboxylic acids is 1. The summed E-state index contributed by atoms with van der Waals surface area (Å²) >= 11 is 3.12. The number of ether oxygens (including phenoxy) is 1. The topological polar surface area (TPSA) is 86.9 Å². The zero-order valence-corrected chi connectivity index (χ0v) is 31.3. The third kappa shape index (κ3) is 6.44. The Morgan fingerprint density at radius 2 is 1.69 bits per heavy atom. The third-order valence-corrected chi connectivity index (χ3v) is 12.8. The van der Waals surface area contributed by atoms with Crippen molar-refractivity contribution in [1.29, 1.82) is 0 Å². The van der Waals surface area contributed by atoms with Crippen LogP contribution in [0.5, 0.6) is 0 Å². The normalized spacial score (nSPS) is 17.8. The van der Waals surface area contributed by atoms with Crippen LogP contribution in [0.25, 0.3) is 20.2 Å². The molecule has 4 heterocycles. The first-order valence-electron chi connectivity index (χ1n) is 17.0. The molecule has 6 rings (SSSR count). The second-order valence-electron chi connectivity index (χ2n) is 13.8. The van der Waals surface area contributed by atoms with Crippen LogP contribution in [0, 0.1) is 0 Å². The number of benzene rings is 2. The summed E-state index contributed by atoms with van der Waals surface area (Å²) in [5.41, 5.74) is 6.34. The molecule has 4 aromatic rings. The van der Waals surface area contributed by atoms with Gasteiger partial charge in [0.05, 0.1) is 16.7 Å². The van der Waals surface area contributed by atoms with Crippen molar-refractivity contribution in [2.75, 3.05) is 24.6 Å². The lowest BCUT2D eigenvalue weighted by Gasteiger charge is -2.27. The molecule has 7 nitrogen and oxygen atoms in total. The standard InChI is InChI=1S/C39H44N2O5S3/c1-6-7-20-40-29-16-17-31-27(18-23-47-31)35(29)38(2,3)33(40)14-10-8-11-15-34-39(4,5)36-28-19-24-48-37(28)32(49(43,44)45)25-30(36)41(34)21-12-9-13-22-46-26-42/h8,10-11,14-19,23-26H,6-7,9,12-13,20-22H2,1-5H3/p+1. The molecule has 0 radical (unpaired) electrons. The Hall–Kier alpha value is -3.57. The molecular weight excluding hydrogens is 673 g/mol. The Labute approximate surface area is 297 Å². The lowest BCUT2D eigenvalue weighted by Crippen LogP contribution is -2.28. The van der Waals surface area contributed by atoms with Crippen molar-refractivity contribution in [2.24, 2.45) is 0 Å². The monoisotopic (exact) mass is 717 g/mol. The number of hydrogen-bond acceptors (Lipinski definition) is 7. The van der Waals surface area contributed by atoms with Crippen molar-refractivity contribution in [3.05, 3.63) is 88.3 Å². The number of anilines is 1. The van der Waals surface area contributed by atoms with Gasteiger partial charge >= 0.3 is 0 Å². The number of fused-ring (bicyclic) bond motifs is 6. The van der Waals surface area contributed by atoms with Crippen molar-refractivity contribution < 1.29 is 27.1 Å². The van der Waals surface area contributed by atoms with E-state index < -0.39 is 15.5 Å². The molecule has 0 amide bonds. The number of unbranched alkanes of at least 4 members (excludes halogenated alkanes) is 3. The van der Waals surface area contributed by atoms with Crippen LogP contribution >= 0.6 is 22.7 Å². The average molecular weight is 718 g/mol. The molecule has 0 fully saturated rings. The van der Waals surface area contributed by atoms with Crippen molar-refractivity contribution in [3.63, 3.8) is 0 Å². The van der Waals surface area contributed by atoms with E-state index in [-0.39, 0.29) is 10.3 Å². The summed E-state index contributed by atoms with van der Waals surface area (Å²) < 4.78 is 44.5. The second kappa shape index (κ2) is 14.0. The van der Waals surface area contributed by atoms with Gasteiger partial charge in [0.25, 0.3) is 16.6 Å². The summed E-state index contributed by atoms with van der Waals surface area (Å²) in [6, 6.07) is 10.4. The van der Waals surface area contributed by atoms with Crippen molar-refractivity contribution in [1.82, 2.24) is 0 Å². The number of hydrogen-bond donors (Lipinski definition) is 1. The van der Waals surface area contributed by atoms with Gasteiger partial charge in [-0.1, -0.05) is 45.4 Å². The highest BCUT2D eigenvalue weighted by Gasteiger charge is 2.46. The SMILES string of the molecule is CCCC[N+]1=C(/C=C/C=C/C=C2/N(CCCCCOC=O)c3cc(S(=O)(=O)O)c4sccc4c3C2(C)C)C(C)(C)c2c1ccc1sccc21. The Morgan fingerprint density at radius 3 is 2.45 bits per heavy atom. The minimum atomic E-state index is -4.43. The molecule has 2 aliphatic rings. The van der Waals surface area contributed by atoms with E-state index in [2.05, 4.69) is 98.1 Å². The van der Waals surface area contributed by atoms with E-state index in [1.54, 1.807) is 17.4 Å². The maximum Gasteiger partial charge on any atom is 0.296 e. The molecule has 49 heavy (non-hydrogen) atoms. The number of allylic oxidation sites excluding steroid dienone is 6. The molecule has 2 aromatic heterocycles. The minimum Gasteiger partial charge on any atom is -0.468 e. The highest BCUT2D eigenvalue weighted by molar-refractivity contribution is 7.86. The van der Waals surface area contributed by atoms with E-state index in [0.717, 1.165) is 61.0 Å². The van der Waals surface area contributed by atoms with Gasteiger partial charge in [0, 0.05) is 62.9 Å². The minimum absolute atomic E-state index is 0.0549. The quantitative estimate of drug-likeness (QED) is 0.0460. The molecule has 0 saturated carbocycles. The van der Waals surface area contributed by atoms with Crippen LogP contribution in [-0.4, -0.2) is 49.4 Å². The van der Waals surface area contributed by atoms with E-state index in [9.17, 15) is 17.8 Å². The molecular formula is C39H45N2O5S3+. The highest BCUT2D eigenvalue weighted by atomic mass is 32.2. The zero-order chi connectivity index (χ0) is 35.0. The van der Waals surface area contributed by atoms with Crippen LogP contribution in [-0.2, 0) is 30.5 Å². The Bertz CT molecular complexity index is 2130. The average Bonchev–Trinajstić information content (AvgIpc) is 3.81. The number of rotatable bonds is 14. The molecule has 0 aliphatic carbocycles. The summed E-state index contributed by atoms with van der Waals surface area (Å²) in [6.45, 7) is 13.7. The predicted octanol–water partition coefficient (Wildman–Crippen LogP) is 9.68. The molecule has 2 aliphatic heterocycles. The summed E-state index contributed by atoms with van der Waals surface area (Å²) in [6.07, 6.45) is 15.3. The maximum absolute atomic E-state index is 12.5. The number of thiophene rings is 2. The van der Waals surface area contributed by atoms with Crippen molar-refractivity contribution >= 4 is 76.5 Å². The summed E-state index contributed by atoms with van der Waals surface area (Å²) in [4.78, 5) is 12.7. The van der Waals surface area contributed by atoms with E-state index >= 15 is 0 Å². The molecule has 0 spiro atoms. The summed E-state index contributed by atoms with van der Waals surface area (Å²) in [7, 11) is -4.43. The van der Waals surface area contributed by atoms with Gasteiger partial charge in [0.1, 0.15) is 11.4 Å². The first kappa shape index (κ1) is 35.3. The van der Waals surface area contributed by atoms with Crippen LogP contribution in [0.1, 0.15) is 77.8 Å². The molecule has 1 N–H and O–H groups in total. The maximum atomic E-state index is 12.5. The van der Waals surface area contributed by atoms with E-state index in [0.29, 0.717) is 24.3 Å². The Kier molecular flexibility index (Phi) is 10.1. The van der Waals surface area contributed by atoms with Crippen LogP contribution < -0.4 is 4.90 Å². The molecule has 0 unspecified atom stereocenters. The first-order chi connectivity index (χ1) is 23.4. The van der Waals surface area contributed by atoms with E-state index in [1.165, 1.54) is 38.4 Å². The lowest BCUT2D eigenvalue weighted by atomic mass is 9.80. The van der Waals surface area contributed by atoms with E-state index in [4.69, 9.17) is 4.74 Å². The smallest absolute Gasteiger partial charge is 0.296 e.